The SMILES string of the molecule is CCC(C)(CCO)NC(=O)CC(C)(C)CC(=O)O. The minimum Gasteiger partial charge on any atom is -0.481 e. The van der Waals surface area contributed by atoms with Gasteiger partial charge in [-0.2, -0.15) is 0 Å². The summed E-state index contributed by atoms with van der Waals surface area (Å²) in [7, 11) is 0. The summed E-state index contributed by atoms with van der Waals surface area (Å²) >= 11 is 0. The Kier molecular flexibility index (Phi) is 6.32. The van der Waals surface area contributed by atoms with E-state index in [0.717, 1.165) is 6.42 Å². The molecule has 0 fully saturated rings. The highest BCUT2D eigenvalue weighted by molar-refractivity contribution is 5.78. The van der Waals surface area contributed by atoms with Crippen LogP contribution in [0.5, 0.6) is 0 Å². The van der Waals surface area contributed by atoms with Crippen LogP contribution in [-0.4, -0.2) is 34.2 Å². The number of carbonyl (C=O) groups is 2. The third-order valence-electron chi connectivity index (χ3n) is 3.15. The molecule has 1 unspecified atom stereocenters. The molecule has 0 spiro atoms. The van der Waals surface area contributed by atoms with Crippen molar-refractivity contribution >= 4 is 11.9 Å². The predicted molar refractivity (Wildman–Crippen MR) is 69.2 cm³/mol. The Bertz CT molecular complexity index is 301. The maximum atomic E-state index is 11.9. The molecule has 5 nitrogen and oxygen atoms in total. The number of aliphatic hydroxyl groups is 1. The molecule has 1 amide bonds. The van der Waals surface area contributed by atoms with Crippen molar-refractivity contribution in [2.45, 2.75) is 58.9 Å². The lowest BCUT2D eigenvalue weighted by molar-refractivity contribution is -0.139. The van der Waals surface area contributed by atoms with Gasteiger partial charge in [-0.15, -0.1) is 0 Å². The van der Waals surface area contributed by atoms with Crippen LogP contribution in [-0.2, 0) is 9.59 Å². The molecule has 3 N–H and O–H groups in total. The topological polar surface area (TPSA) is 86.6 Å². The van der Waals surface area contributed by atoms with Gasteiger partial charge in [0.25, 0.3) is 0 Å². The standard InChI is InChI=1S/C13H25NO4/c1-5-13(4,6-7-15)14-10(16)8-12(2,3)9-11(17)18/h15H,5-9H2,1-4H3,(H,14,16)(H,17,18). The number of aliphatic carboxylic acids is 1. The van der Waals surface area contributed by atoms with Crippen LogP contribution in [0.4, 0.5) is 0 Å². The number of amides is 1. The van der Waals surface area contributed by atoms with Gasteiger partial charge in [-0.1, -0.05) is 20.8 Å². The van der Waals surface area contributed by atoms with E-state index in [0.29, 0.717) is 6.42 Å². The summed E-state index contributed by atoms with van der Waals surface area (Å²) < 4.78 is 0. The molecule has 0 aromatic rings. The minimum atomic E-state index is -0.901. The van der Waals surface area contributed by atoms with Gasteiger partial charge < -0.3 is 15.5 Å². The molecule has 106 valence electrons. The fraction of sp³-hybridized carbons (Fsp3) is 0.846. The number of carboxylic acids is 1. The largest absolute Gasteiger partial charge is 0.481 e. The van der Waals surface area contributed by atoms with E-state index in [9.17, 15) is 9.59 Å². The fourth-order valence-electron chi connectivity index (χ4n) is 1.86. The van der Waals surface area contributed by atoms with Gasteiger partial charge in [-0.05, 0) is 25.2 Å². The van der Waals surface area contributed by atoms with Crippen molar-refractivity contribution in [2.24, 2.45) is 5.41 Å². The van der Waals surface area contributed by atoms with Crippen LogP contribution in [0.2, 0.25) is 0 Å². The number of rotatable bonds is 8. The summed E-state index contributed by atoms with van der Waals surface area (Å²) in [6.07, 6.45) is 1.34. The quantitative estimate of drug-likeness (QED) is 0.617. The van der Waals surface area contributed by atoms with E-state index in [4.69, 9.17) is 10.2 Å². The predicted octanol–water partition coefficient (Wildman–Crippen LogP) is 1.54. The molecule has 18 heavy (non-hydrogen) atoms. The zero-order valence-corrected chi connectivity index (χ0v) is 11.7. The van der Waals surface area contributed by atoms with Gasteiger partial charge in [0.2, 0.25) is 5.91 Å². The van der Waals surface area contributed by atoms with Crippen LogP contribution in [0.15, 0.2) is 0 Å². The first-order valence-electron chi connectivity index (χ1n) is 6.28. The molecule has 0 rings (SSSR count). The van der Waals surface area contributed by atoms with Crippen molar-refractivity contribution in [2.75, 3.05) is 6.61 Å². The molecule has 0 saturated heterocycles. The Hall–Kier alpha value is -1.10. The zero-order chi connectivity index (χ0) is 14.4. The average Bonchev–Trinajstić information content (AvgIpc) is 2.14. The third kappa shape index (κ3) is 6.59. The van der Waals surface area contributed by atoms with Gasteiger partial charge in [0.15, 0.2) is 0 Å². The number of carbonyl (C=O) groups excluding carboxylic acids is 1. The van der Waals surface area contributed by atoms with Crippen LogP contribution >= 0.6 is 0 Å². The molecule has 1 atom stereocenters. The van der Waals surface area contributed by atoms with Crippen molar-refractivity contribution in [3.05, 3.63) is 0 Å². The number of hydrogen-bond acceptors (Lipinski definition) is 3. The van der Waals surface area contributed by atoms with Crippen molar-refractivity contribution in [1.29, 1.82) is 0 Å². The summed E-state index contributed by atoms with van der Waals surface area (Å²) in [4.78, 5) is 22.6. The highest BCUT2D eigenvalue weighted by Crippen LogP contribution is 2.25. The van der Waals surface area contributed by atoms with Crippen LogP contribution in [0.1, 0.15) is 53.4 Å². The van der Waals surface area contributed by atoms with Crippen molar-refractivity contribution in [3.8, 4) is 0 Å². The van der Waals surface area contributed by atoms with Crippen molar-refractivity contribution in [3.63, 3.8) is 0 Å². The molecule has 0 radical (unpaired) electrons. The lowest BCUT2D eigenvalue weighted by Gasteiger charge is -2.31. The molecule has 0 saturated carbocycles. The molecule has 0 aliphatic rings. The van der Waals surface area contributed by atoms with Crippen LogP contribution in [0.25, 0.3) is 0 Å². The summed E-state index contributed by atoms with van der Waals surface area (Å²) in [5.41, 5.74) is -0.991. The smallest absolute Gasteiger partial charge is 0.303 e. The van der Waals surface area contributed by atoms with Crippen molar-refractivity contribution in [1.82, 2.24) is 5.32 Å². The molecule has 0 aliphatic carbocycles. The molecule has 0 aromatic heterocycles. The molecular formula is C13H25NO4. The second kappa shape index (κ2) is 6.73. The normalized spacial score (nSPS) is 14.9. The number of aliphatic hydroxyl groups excluding tert-OH is 1. The summed E-state index contributed by atoms with van der Waals surface area (Å²) in [6, 6.07) is 0. The first kappa shape index (κ1) is 16.9. The van der Waals surface area contributed by atoms with E-state index in [1.165, 1.54) is 0 Å². The maximum absolute atomic E-state index is 11.9. The van der Waals surface area contributed by atoms with Crippen LogP contribution < -0.4 is 5.32 Å². The Morgan fingerprint density at radius 3 is 2.11 bits per heavy atom. The third-order valence-corrected chi connectivity index (χ3v) is 3.15. The van der Waals surface area contributed by atoms with Gasteiger partial charge in [0.1, 0.15) is 0 Å². The second-order valence-corrected chi connectivity index (χ2v) is 5.85. The number of carboxylic acid groups (broad SMARTS) is 1. The molecule has 0 aromatic carbocycles. The summed E-state index contributed by atoms with van der Waals surface area (Å²) in [5.74, 6) is -1.07. The Morgan fingerprint density at radius 2 is 1.72 bits per heavy atom. The second-order valence-electron chi connectivity index (χ2n) is 5.85. The van der Waals surface area contributed by atoms with Gasteiger partial charge in [-0.3, -0.25) is 9.59 Å². The molecule has 0 heterocycles. The van der Waals surface area contributed by atoms with E-state index in [1.807, 2.05) is 13.8 Å². The highest BCUT2D eigenvalue weighted by atomic mass is 16.4. The van der Waals surface area contributed by atoms with E-state index in [1.54, 1.807) is 13.8 Å². The lowest BCUT2D eigenvalue weighted by Crippen LogP contribution is -2.47. The Morgan fingerprint density at radius 1 is 1.17 bits per heavy atom. The van der Waals surface area contributed by atoms with E-state index < -0.39 is 16.9 Å². The monoisotopic (exact) mass is 259 g/mol. The van der Waals surface area contributed by atoms with E-state index in [-0.39, 0.29) is 25.4 Å². The molecule has 0 bridgehead atoms. The molecule has 0 aliphatic heterocycles. The Balaban J connectivity index is 4.45. The Labute approximate surface area is 109 Å². The van der Waals surface area contributed by atoms with Gasteiger partial charge in [0, 0.05) is 18.6 Å². The number of hydrogen-bond donors (Lipinski definition) is 3. The fourth-order valence-corrected chi connectivity index (χ4v) is 1.86. The number of nitrogens with one attached hydrogen (secondary N) is 1. The summed E-state index contributed by atoms with van der Waals surface area (Å²) in [5, 5.41) is 20.6. The van der Waals surface area contributed by atoms with Gasteiger partial charge in [0.05, 0.1) is 6.42 Å². The molecule has 5 heteroatoms. The zero-order valence-electron chi connectivity index (χ0n) is 11.7. The first-order chi connectivity index (χ1) is 8.14. The first-order valence-corrected chi connectivity index (χ1v) is 6.28. The molecular weight excluding hydrogens is 234 g/mol. The van der Waals surface area contributed by atoms with E-state index >= 15 is 0 Å². The van der Waals surface area contributed by atoms with Crippen molar-refractivity contribution < 1.29 is 19.8 Å². The summed E-state index contributed by atoms with van der Waals surface area (Å²) in [6.45, 7) is 7.36. The highest BCUT2D eigenvalue weighted by Gasteiger charge is 2.29. The van der Waals surface area contributed by atoms with Gasteiger partial charge in [-0.25, -0.2) is 0 Å². The van der Waals surface area contributed by atoms with Gasteiger partial charge >= 0.3 is 5.97 Å². The van der Waals surface area contributed by atoms with E-state index in [2.05, 4.69) is 5.32 Å². The van der Waals surface area contributed by atoms with Crippen LogP contribution in [0, 0.1) is 5.41 Å². The minimum absolute atomic E-state index is 0.0170. The lowest BCUT2D eigenvalue weighted by atomic mass is 9.84. The van der Waals surface area contributed by atoms with Crippen LogP contribution in [0.3, 0.4) is 0 Å². The maximum Gasteiger partial charge on any atom is 0.303 e. The average molecular weight is 259 g/mol.